The number of esters is 1. The molecule has 34 heavy (non-hydrogen) atoms. The number of ether oxygens (including phenoxy) is 2. The molecule has 1 fully saturated rings. The second kappa shape index (κ2) is 12.6. The first-order valence-corrected chi connectivity index (χ1v) is 11.7. The highest BCUT2D eigenvalue weighted by molar-refractivity contribution is 7.11. The third-order valence-electron chi connectivity index (χ3n) is 4.86. The van der Waals surface area contributed by atoms with Crippen molar-refractivity contribution >= 4 is 40.7 Å². The normalized spacial score (nSPS) is 18.3. The van der Waals surface area contributed by atoms with Crippen LogP contribution < -0.4 is 5.32 Å². The van der Waals surface area contributed by atoms with Gasteiger partial charge in [-0.1, -0.05) is 17.7 Å². The number of nitrogens with one attached hydrogen (secondary N) is 1. The molecule has 3 heterocycles. The fourth-order valence-electron chi connectivity index (χ4n) is 3.23. The first-order valence-electron chi connectivity index (χ1n) is 10.4. The number of halogens is 2. The van der Waals surface area contributed by atoms with Crippen LogP contribution in [0.25, 0.3) is 0 Å². The van der Waals surface area contributed by atoms with Gasteiger partial charge in [-0.3, -0.25) is 14.7 Å². The number of morpholine rings is 1. The monoisotopic (exact) mass is 510 g/mol. The molecule has 0 radical (unpaired) electrons. The topological polar surface area (TPSA) is 113 Å². The number of aliphatic imine (C=N–C) groups is 1. The predicted octanol–water partition coefficient (Wildman–Crippen LogP) is 2.57. The number of hydrogen-bond acceptors (Lipinski definition) is 9. The van der Waals surface area contributed by atoms with E-state index in [2.05, 4.69) is 15.3 Å². The third-order valence-corrected chi connectivity index (χ3v) is 5.87. The van der Waals surface area contributed by atoms with Crippen LogP contribution in [0.15, 0.2) is 52.1 Å². The molecular formula is C22H24ClFN4O5S. The smallest absolute Gasteiger partial charge is 0.337 e. The first-order chi connectivity index (χ1) is 16.4. The van der Waals surface area contributed by atoms with Gasteiger partial charge in [0.2, 0.25) is 0 Å². The number of hydrogen-bond donors (Lipinski definition) is 2. The Balaban J connectivity index is 0.000000343. The molecule has 9 nitrogen and oxygen atoms in total. The second-order valence-corrected chi connectivity index (χ2v) is 8.47. The molecule has 2 aromatic rings. The Kier molecular flexibility index (Phi) is 9.52. The molecule has 1 saturated heterocycles. The van der Waals surface area contributed by atoms with Gasteiger partial charge in [0.25, 0.3) is 0 Å². The van der Waals surface area contributed by atoms with Gasteiger partial charge in [0.1, 0.15) is 11.9 Å². The van der Waals surface area contributed by atoms with Gasteiger partial charge in [-0.05, 0) is 25.1 Å². The molecule has 1 aromatic carbocycles. The van der Waals surface area contributed by atoms with Gasteiger partial charge in [0.15, 0.2) is 10.8 Å². The fourth-order valence-corrected chi connectivity index (χ4v) is 4.01. The van der Waals surface area contributed by atoms with Crippen molar-refractivity contribution in [1.82, 2.24) is 15.2 Å². The molecule has 2 aliphatic rings. The van der Waals surface area contributed by atoms with Gasteiger partial charge >= 0.3 is 11.9 Å². The first kappa shape index (κ1) is 25.8. The lowest BCUT2D eigenvalue weighted by atomic mass is 10.1. The molecule has 4 rings (SSSR count). The molecule has 1 unspecified atom stereocenters. The van der Waals surface area contributed by atoms with Crippen molar-refractivity contribution in [3.05, 3.63) is 63.0 Å². The van der Waals surface area contributed by atoms with Gasteiger partial charge < -0.3 is 19.9 Å². The van der Waals surface area contributed by atoms with Gasteiger partial charge in [0, 0.05) is 35.4 Å². The zero-order valence-corrected chi connectivity index (χ0v) is 19.9. The lowest BCUT2D eigenvalue weighted by molar-refractivity contribution is -0.149. The van der Waals surface area contributed by atoms with Crippen molar-refractivity contribution < 1.29 is 28.6 Å². The Hall–Kier alpha value is -2.86. The SMILES string of the molecule is CCOC(=O)C1=C(CN2CCOCC2C(=O)O)NC(c2nccs2)=NC1.Fc1cccc(Cl)c1. The molecule has 0 aliphatic carbocycles. The number of aliphatic carboxylic acids is 1. The number of carboxylic acid groups (broad SMARTS) is 1. The minimum atomic E-state index is -0.951. The molecule has 1 aromatic heterocycles. The molecular weight excluding hydrogens is 487 g/mol. The van der Waals surface area contributed by atoms with Gasteiger partial charge in [-0.25, -0.2) is 14.2 Å². The number of nitrogens with zero attached hydrogens (tertiary/aromatic N) is 3. The van der Waals surface area contributed by atoms with E-state index in [4.69, 9.17) is 21.1 Å². The summed E-state index contributed by atoms with van der Waals surface area (Å²) in [6.45, 7) is 3.44. The van der Waals surface area contributed by atoms with Crippen molar-refractivity contribution in [1.29, 1.82) is 0 Å². The zero-order valence-electron chi connectivity index (χ0n) is 18.4. The van der Waals surface area contributed by atoms with Crippen LogP contribution >= 0.6 is 22.9 Å². The Bertz CT molecular complexity index is 1050. The summed E-state index contributed by atoms with van der Waals surface area (Å²) in [5, 5.41) is 15.6. The molecule has 0 amide bonds. The van der Waals surface area contributed by atoms with E-state index in [-0.39, 0.29) is 32.1 Å². The number of rotatable bonds is 6. The summed E-state index contributed by atoms with van der Waals surface area (Å²) in [4.78, 5) is 34.2. The quantitative estimate of drug-likeness (QED) is 0.570. The van der Waals surface area contributed by atoms with E-state index < -0.39 is 18.0 Å². The van der Waals surface area contributed by atoms with Crippen LogP contribution in [0.3, 0.4) is 0 Å². The zero-order chi connectivity index (χ0) is 24.5. The van der Waals surface area contributed by atoms with Crippen LogP contribution in [0, 0.1) is 5.82 Å². The Morgan fingerprint density at radius 1 is 1.44 bits per heavy atom. The van der Waals surface area contributed by atoms with Crippen molar-refractivity contribution in [2.75, 3.05) is 39.5 Å². The second-order valence-electron chi connectivity index (χ2n) is 7.14. The summed E-state index contributed by atoms with van der Waals surface area (Å²) in [6.07, 6.45) is 1.68. The summed E-state index contributed by atoms with van der Waals surface area (Å²) < 4.78 is 22.5. The number of carboxylic acids is 1. The van der Waals surface area contributed by atoms with Crippen molar-refractivity contribution in [2.45, 2.75) is 13.0 Å². The molecule has 12 heteroatoms. The molecule has 2 aliphatic heterocycles. The molecule has 0 bridgehead atoms. The van der Waals surface area contributed by atoms with Crippen molar-refractivity contribution in [3.63, 3.8) is 0 Å². The number of benzene rings is 1. The predicted molar refractivity (Wildman–Crippen MR) is 126 cm³/mol. The summed E-state index contributed by atoms with van der Waals surface area (Å²) in [5.74, 6) is -1.12. The summed E-state index contributed by atoms with van der Waals surface area (Å²) in [5.41, 5.74) is 1.000. The number of carbonyl (C=O) groups excluding carboxylic acids is 1. The highest BCUT2D eigenvalue weighted by Gasteiger charge is 2.32. The van der Waals surface area contributed by atoms with Crippen LogP contribution in [-0.4, -0.2) is 78.3 Å². The molecule has 2 N–H and O–H groups in total. The van der Waals surface area contributed by atoms with E-state index in [1.807, 2.05) is 5.38 Å². The van der Waals surface area contributed by atoms with Crippen molar-refractivity contribution in [3.8, 4) is 0 Å². The fraction of sp³-hybridized carbons (Fsp3) is 0.364. The lowest BCUT2D eigenvalue weighted by Crippen LogP contribution is -2.52. The maximum Gasteiger partial charge on any atom is 0.337 e. The van der Waals surface area contributed by atoms with E-state index in [0.717, 1.165) is 0 Å². The summed E-state index contributed by atoms with van der Waals surface area (Å²) in [7, 11) is 0. The van der Waals surface area contributed by atoms with E-state index in [0.29, 0.717) is 40.3 Å². The Morgan fingerprint density at radius 2 is 2.26 bits per heavy atom. The van der Waals surface area contributed by atoms with E-state index in [1.54, 1.807) is 30.2 Å². The summed E-state index contributed by atoms with van der Waals surface area (Å²) >= 11 is 6.84. The van der Waals surface area contributed by atoms with E-state index in [1.165, 1.54) is 23.5 Å². The third kappa shape index (κ3) is 7.07. The average molecular weight is 511 g/mol. The molecule has 0 spiro atoms. The van der Waals surface area contributed by atoms with Crippen LogP contribution in [-0.2, 0) is 19.1 Å². The Labute approximate surface area is 204 Å². The number of aromatic nitrogens is 1. The van der Waals surface area contributed by atoms with Crippen LogP contribution in [0.1, 0.15) is 11.9 Å². The minimum absolute atomic E-state index is 0.116. The van der Waals surface area contributed by atoms with Gasteiger partial charge in [-0.15, -0.1) is 11.3 Å². The lowest BCUT2D eigenvalue weighted by Gasteiger charge is -2.34. The summed E-state index contributed by atoms with van der Waals surface area (Å²) in [6, 6.07) is 5.05. The van der Waals surface area contributed by atoms with Gasteiger partial charge in [-0.2, -0.15) is 0 Å². The molecule has 0 saturated carbocycles. The maximum absolute atomic E-state index is 12.3. The van der Waals surface area contributed by atoms with Crippen LogP contribution in [0.2, 0.25) is 5.02 Å². The van der Waals surface area contributed by atoms with Gasteiger partial charge in [0.05, 0.1) is 31.9 Å². The highest BCUT2D eigenvalue weighted by Crippen LogP contribution is 2.18. The maximum atomic E-state index is 12.3. The van der Waals surface area contributed by atoms with Crippen molar-refractivity contribution in [2.24, 2.45) is 4.99 Å². The highest BCUT2D eigenvalue weighted by atomic mass is 35.5. The average Bonchev–Trinajstić information content (AvgIpc) is 3.35. The molecule has 1 atom stereocenters. The molecule has 182 valence electrons. The van der Waals surface area contributed by atoms with Crippen LogP contribution in [0.5, 0.6) is 0 Å². The number of carbonyl (C=O) groups is 2. The number of amidine groups is 1. The van der Waals surface area contributed by atoms with Crippen LogP contribution in [0.4, 0.5) is 4.39 Å². The number of thiazole rings is 1. The Morgan fingerprint density at radius 3 is 2.88 bits per heavy atom. The van der Waals surface area contributed by atoms with E-state index in [9.17, 15) is 19.1 Å². The standard InChI is InChI=1S/C16H20N4O5S.C6H4ClF/c1-2-25-16(23)10-7-18-13(14-17-3-6-26-14)19-11(10)8-20-4-5-24-9-12(20)15(21)22;7-5-2-1-3-6(8)4-5/h3,6,12H,2,4-5,7-9H2,1H3,(H,18,19)(H,21,22);1-4H. The largest absolute Gasteiger partial charge is 0.480 e. The minimum Gasteiger partial charge on any atom is -0.480 e. The van der Waals surface area contributed by atoms with E-state index >= 15 is 0 Å².